The first-order valence-electron chi connectivity index (χ1n) is 5.20. The molecule has 2 unspecified atom stereocenters. The Morgan fingerprint density at radius 3 is 2.81 bits per heavy atom. The fraction of sp³-hybridized carbons (Fsp3) is 0.417. The van der Waals surface area contributed by atoms with Gasteiger partial charge in [-0.15, -0.1) is 0 Å². The maximum absolute atomic E-state index is 12.2. The van der Waals surface area contributed by atoms with Gasteiger partial charge in [0.2, 0.25) is 0 Å². The third kappa shape index (κ3) is 2.24. The smallest absolute Gasteiger partial charge is 0.193 e. The summed E-state index contributed by atoms with van der Waals surface area (Å²) in [5.41, 5.74) is 0.452. The summed E-state index contributed by atoms with van der Waals surface area (Å²) in [6.45, 7) is 2.64. The monoisotopic (exact) mass is 258 g/mol. The first-order valence-corrected chi connectivity index (χ1v) is 5.96. The summed E-state index contributed by atoms with van der Waals surface area (Å²) in [4.78, 5) is 12.2. The molecule has 0 aromatic heterocycles. The molecule has 1 aromatic rings. The van der Waals surface area contributed by atoms with E-state index >= 15 is 0 Å². The Morgan fingerprint density at radius 2 is 2.19 bits per heavy atom. The van der Waals surface area contributed by atoms with Crippen LogP contribution in [0, 0.1) is 5.92 Å². The molecule has 4 heteroatoms. The number of ketones is 1. The van der Waals surface area contributed by atoms with Crippen molar-refractivity contribution in [2.75, 3.05) is 6.61 Å². The highest BCUT2D eigenvalue weighted by atomic mass is 35.5. The van der Waals surface area contributed by atoms with E-state index in [2.05, 4.69) is 0 Å². The van der Waals surface area contributed by atoms with Crippen molar-refractivity contribution in [2.45, 2.75) is 19.4 Å². The largest absolute Gasteiger partial charge is 0.370 e. The lowest BCUT2D eigenvalue weighted by molar-refractivity contribution is 0.0579. The van der Waals surface area contributed by atoms with Gasteiger partial charge in [-0.05, 0) is 30.5 Å². The second kappa shape index (κ2) is 4.74. The lowest BCUT2D eigenvalue weighted by atomic mass is 9.96. The highest BCUT2D eigenvalue weighted by molar-refractivity contribution is 6.36. The van der Waals surface area contributed by atoms with E-state index in [1.807, 2.05) is 6.92 Å². The van der Waals surface area contributed by atoms with Crippen molar-refractivity contribution in [3.05, 3.63) is 33.8 Å². The minimum atomic E-state index is -0.379. The first-order chi connectivity index (χ1) is 7.59. The zero-order chi connectivity index (χ0) is 11.7. The molecule has 0 aliphatic carbocycles. The minimum Gasteiger partial charge on any atom is -0.370 e. The lowest BCUT2D eigenvalue weighted by Gasteiger charge is -2.14. The maximum atomic E-state index is 12.2. The van der Waals surface area contributed by atoms with E-state index < -0.39 is 0 Å². The van der Waals surface area contributed by atoms with Gasteiger partial charge in [-0.25, -0.2) is 0 Å². The van der Waals surface area contributed by atoms with E-state index in [0.29, 0.717) is 22.2 Å². The number of hydrogen-bond donors (Lipinski definition) is 0. The van der Waals surface area contributed by atoms with Crippen molar-refractivity contribution < 1.29 is 9.53 Å². The molecule has 0 bridgehead atoms. The van der Waals surface area contributed by atoms with E-state index in [1.54, 1.807) is 18.2 Å². The Kier molecular flexibility index (Phi) is 3.53. The van der Waals surface area contributed by atoms with E-state index in [0.717, 1.165) is 6.42 Å². The van der Waals surface area contributed by atoms with Gasteiger partial charge in [-0.2, -0.15) is 0 Å². The molecule has 1 fully saturated rings. The average molecular weight is 259 g/mol. The van der Waals surface area contributed by atoms with E-state index in [1.165, 1.54) is 0 Å². The molecule has 0 saturated carbocycles. The predicted octanol–water partition coefficient (Wildman–Crippen LogP) is 3.60. The summed E-state index contributed by atoms with van der Waals surface area (Å²) in [5, 5.41) is 0.940. The third-order valence-electron chi connectivity index (χ3n) is 2.84. The van der Waals surface area contributed by atoms with Gasteiger partial charge in [0.25, 0.3) is 0 Å². The normalized spacial score (nSPS) is 24.7. The summed E-state index contributed by atoms with van der Waals surface area (Å²) in [6, 6.07) is 4.90. The molecule has 0 spiro atoms. The summed E-state index contributed by atoms with van der Waals surface area (Å²) in [7, 11) is 0. The first kappa shape index (κ1) is 11.9. The Balaban J connectivity index is 2.29. The van der Waals surface area contributed by atoms with Gasteiger partial charge in [0, 0.05) is 17.2 Å². The molecule has 1 aliphatic rings. The lowest BCUT2D eigenvalue weighted by Crippen LogP contribution is -2.25. The topological polar surface area (TPSA) is 26.3 Å². The molecule has 16 heavy (non-hydrogen) atoms. The molecule has 2 atom stereocenters. The van der Waals surface area contributed by atoms with Crippen molar-refractivity contribution in [1.82, 2.24) is 0 Å². The molecule has 1 aliphatic heterocycles. The molecule has 86 valence electrons. The van der Waals surface area contributed by atoms with Crippen LogP contribution in [0.25, 0.3) is 0 Å². The van der Waals surface area contributed by atoms with Gasteiger partial charge in [-0.3, -0.25) is 4.79 Å². The van der Waals surface area contributed by atoms with Gasteiger partial charge in [0.1, 0.15) is 6.10 Å². The van der Waals surface area contributed by atoms with Crippen molar-refractivity contribution in [2.24, 2.45) is 5.92 Å². The van der Waals surface area contributed by atoms with Gasteiger partial charge >= 0.3 is 0 Å². The molecular weight excluding hydrogens is 247 g/mol. The molecule has 0 radical (unpaired) electrons. The Labute approximate surface area is 104 Å². The Morgan fingerprint density at radius 1 is 1.44 bits per heavy atom. The van der Waals surface area contributed by atoms with Gasteiger partial charge in [0.15, 0.2) is 5.78 Å². The molecule has 1 saturated heterocycles. The van der Waals surface area contributed by atoms with Crippen LogP contribution in [-0.2, 0) is 4.74 Å². The fourth-order valence-electron chi connectivity index (χ4n) is 1.87. The Bertz CT molecular complexity index is 417. The van der Waals surface area contributed by atoms with E-state index in [9.17, 15) is 4.79 Å². The van der Waals surface area contributed by atoms with Gasteiger partial charge in [0.05, 0.1) is 5.02 Å². The van der Waals surface area contributed by atoms with Crippen LogP contribution in [0.1, 0.15) is 23.7 Å². The van der Waals surface area contributed by atoms with Gasteiger partial charge in [-0.1, -0.05) is 30.1 Å². The summed E-state index contributed by atoms with van der Waals surface area (Å²) in [6.07, 6.45) is 0.533. The maximum Gasteiger partial charge on any atom is 0.193 e. The van der Waals surface area contributed by atoms with Crippen LogP contribution in [0.4, 0.5) is 0 Å². The SMILES string of the molecule is CC1CCOC1C(=O)c1cc(Cl)ccc1Cl. The summed E-state index contributed by atoms with van der Waals surface area (Å²) >= 11 is 11.8. The molecule has 1 aromatic carbocycles. The zero-order valence-electron chi connectivity index (χ0n) is 8.87. The van der Waals surface area contributed by atoms with Crippen molar-refractivity contribution in [1.29, 1.82) is 0 Å². The molecule has 2 rings (SSSR count). The quantitative estimate of drug-likeness (QED) is 0.758. The van der Waals surface area contributed by atoms with Crippen LogP contribution in [0.2, 0.25) is 10.0 Å². The van der Waals surface area contributed by atoms with Crippen LogP contribution >= 0.6 is 23.2 Å². The van der Waals surface area contributed by atoms with Gasteiger partial charge < -0.3 is 4.74 Å². The predicted molar refractivity (Wildman–Crippen MR) is 64.3 cm³/mol. The van der Waals surface area contributed by atoms with Crippen molar-refractivity contribution >= 4 is 29.0 Å². The van der Waals surface area contributed by atoms with Crippen LogP contribution < -0.4 is 0 Å². The third-order valence-corrected chi connectivity index (χ3v) is 3.40. The standard InChI is InChI=1S/C12H12Cl2O2/c1-7-4-5-16-12(7)11(15)9-6-8(13)2-3-10(9)14/h2-3,6-7,12H,4-5H2,1H3. The summed E-state index contributed by atoms with van der Waals surface area (Å²) < 4.78 is 5.43. The van der Waals surface area contributed by atoms with Crippen LogP contribution in [0.15, 0.2) is 18.2 Å². The molecule has 2 nitrogen and oxygen atoms in total. The second-order valence-electron chi connectivity index (χ2n) is 4.05. The summed E-state index contributed by atoms with van der Waals surface area (Å²) in [5.74, 6) is 0.167. The van der Waals surface area contributed by atoms with Crippen LogP contribution in [0.3, 0.4) is 0 Å². The number of ether oxygens (including phenoxy) is 1. The molecular formula is C12H12Cl2O2. The number of halogens is 2. The van der Waals surface area contributed by atoms with Crippen LogP contribution in [0.5, 0.6) is 0 Å². The number of Topliss-reactive ketones (excluding diaryl/α,β-unsaturated/α-hetero) is 1. The number of benzene rings is 1. The number of hydrogen-bond acceptors (Lipinski definition) is 2. The van der Waals surface area contributed by atoms with E-state index in [-0.39, 0.29) is 17.8 Å². The highest BCUT2D eigenvalue weighted by Gasteiger charge is 2.32. The van der Waals surface area contributed by atoms with Crippen LogP contribution in [-0.4, -0.2) is 18.5 Å². The van der Waals surface area contributed by atoms with Crippen molar-refractivity contribution in [3.63, 3.8) is 0 Å². The Hall–Kier alpha value is -0.570. The number of carbonyl (C=O) groups is 1. The highest BCUT2D eigenvalue weighted by Crippen LogP contribution is 2.28. The second-order valence-corrected chi connectivity index (χ2v) is 4.89. The minimum absolute atomic E-state index is 0.0718. The van der Waals surface area contributed by atoms with E-state index in [4.69, 9.17) is 27.9 Å². The molecule has 0 N–H and O–H groups in total. The molecule has 1 heterocycles. The number of rotatable bonds is 2. The van der Waals surface area contributed by atoms with Crippen molar-refractivity contribution in [3.8, 4) is 0 Å². The number of carbonyl (C=O) groups excluding carboxylic acids is 1. The molecule has 0 amide bonds. The fourth-order valence-corrected chi connectivity index (χ4v) is 2.25. The zero-order valence-corrected chi connectivity index (χ0v) is 10.4. The average Bonchev–Trinajstić information content (AvgIpc) is 2.67.